The van der Waals surface area contributed by atoms with Crippen molar-refractivity contribution in [1.29, 1.82) is 0 Å². The second-order valence-corrected chi connectivity index (χ2v) is 2.88. The molecule has 1 rings (SSSR count). The number of ether oxygens (including phenoxy) is 1. The normalized spacial score (nSPS) is 9.40. The predicted molar refractivity (Wildman–Crippen MR) is 55.8 cm³/mol. The Morgan fingerprint density at radius 1 is 1.60 bits per heavy atom. The summed E-state index contributed by atoms with van der Waals surface area (Å²) in [5, 5.41) is 2.42. The van der Waals surface area contributed by atoms with Gasteiger partial charge in [0.1, 0.15) is 12.0 Å². The molecule has 0 bridgehead atoms. The van der Waals surface area contributed by atoms with Crippen LogP contribution in [0.3, 0.4) is 0 Å². The van der Waals surface area contributed by atoms with E-state index in [1.807, 2.05) is 0 Å². The third-order valence-corrected chi connectivity index (χ3v) is 1.81. The second kappa shape index (κ2) is 4.99. The van der Waals surface area contributed by atoms with Crippen molar-refractivity contribution in [3.63, 3.8) is 0 Å². The van der Waals surface area contributed by atoms with Gasteiger partial charge in [0, 0.05) is 12.6 Å². The summed E-state index contributed by atoms with van der Waals surface area (Å²) in [7, 11) is 1.52. The van der Waals surface area contributed by atoms with Crippen molar-refractivity contribution in [2.24, 2.45) is 0 Å². The summed E-state index contributed by atoms with van der Waals surface area (Å²) in [4.78, 5) is 21.3. The molecule has 0 aliphatic carbocycles. The second-order valence-electron chi connectivity index (χ2n) is 2.88. The molecule has 0 atom stereocenters. The van der Waals surface area contributed by atoms with Crippen LogP contribution in [0.2, 0.25) is 0 Å². The average Bonchev–Trinajstić information content (AvgIpc) is 2.26. The van der Waals surface area contributed by atoms with E-state index in [4.69, 9.17) is 10.5 Å². The Bertz CT molecular complexity index is 377. The SMILES string of the molecule is CNC(=O)COc1ccc(C=O)cc1N. The predicted octanol–water partition coefficient (Wildman–Crippen LogP) is 0.206. The minimum atomic E-state index is -0.242. The molecule has 15 heavy (non-hydrogen) atoms. The van der Waals surface area contributed by atoms with Gasteiger partial charge in [-0.15, -0.1) is 0 Å². The summed E-state index contributed by atoms with van der Waals surface area (Å²) in [6, 6.07) is 4.62. The number of hydrogen-bond acceptors (Lipinski definition) is 4. The Morgan fingerprint density at radius 2 is 2.33 bits per heavy atom. The van der Waals surface area contributed by atoms with Crippen LogP contribution in [0.4, 0.5) is 5.69 Å². The zero-order valence-corrected chi connectivity index (χ0v) is 8.32. The number of rotatable bonds is 4. The molecule has 80 valence electrons. The first-order valence-corrected chi connectivity index (χ1v) is 4.35. The van der Waals surface area contributed by atoms with Gasteiger partial charge in [-0.3, -0.25) is 9.59 Å². The quantitative estimate of drug-likeness (QED) is 0.547. The number of amides is 1. The maximum atomic E-state index is 10.9. The summed E-state index contributed by atoms with van der Waals surface area (Å²) in [5.74, 6) is 0.151. The van der Waals surface area contributed by atoms with Gasteiger partial charge in [-0.05, 0) is 18.2 Å². The van der Waals surface area contributed by atoms with E-state index in [2.05, 4.69) is 5.32 Å². The molecule has 5 heteroatoms. The number of nitrogens with one attached hydrogen (secondary N) is 1. The third-order valence-electron chi connectivity index (χ3n) is 1.81. The van der Waals surface area contributed by atoms with Gasteiger partial charge in [0.05, 0.1) is 5.69 Å². The highest BCUT2D eigenvalue weighted by atomic mass is 16.5. The molecule has 0 unspecified atom stereocenters. The van der Waals surface area contributed by atoms with Crippen molar-refractivity contribution in [2.45, 2.75) is 0 Å². The van der Waals surface area contributed by atoms with Crippen LogP contribution in [0.1, 0.15) is 10.4 Å². The van der Waals surface area contributed by atoms with E-state index in [-0.39, 0.29) is 12.5 Å². The Kier molecular flexibility index (Phi) is 3.68. The monoisotopic (exact) mass is 208 g/mol. The first kappa shape index (κ1) is 11.0. The van der Waals surface area contributed by atoms with E-state index in [0.29, 0.717) is 23.3 Å². The number of hydrogen-bond donors (Lipinski definition) is 2. The maximum Gasteiger partial charge on any atom is 0.257 e. The van der Waals surface area contributed by atoms with Gasteiger partial charge in [0.15, 0.2) is 6.61 Å². The molecule has 1 amide bonds. The summed E-state index contributed by atoms with van der Waals surface area (Å²) in [5.41, 5.74) is 6.42. The van der Waals surface area contributed by atoms with Crippen LogP contribution in [-0.2, 0) is 4.79 Å². The molecule has 0 aromatic heterocycles. The number of likely N-dealkylation sites (N-methyl/N-ethyl adjacent to an activating group) is 1. The minimum Gasteiger partial charge on any atom is -0.482 e. The van der Waals surface area contributed by atoms with Gasteiger partial charge in [-0.25, -0.2) is 0 Å². The molecule has 1 aromatic rings. The van der Waals surface area contributed by atoms with Crippen molar-refractivity contribution >= 4 is 17.9 Å². The van der Waals surface area contributed by atoms with Gasteiger partial charge in [-0.1, -0.05) is 0 Å². The maximum absolute atomic E-state index is 10.9. The average molecular weight is 208 g/mol. The van der Waals surface area contributed by atoms with E-state index < -0.39 is 0 Å². The molecule has 0 saturated heterocycles. The van der Waals surface area contributed by atoms with E-state index in [0.717, 1.165) is 0 Å². The molecule has 0 radical (unpaired) electrons. The van der Waals surface area contributed by atoms with Crippen LogP contribution < -0.4 is 15.8 Å². The van der Waals surface area contributed by atoms with Crippen molar-refractivity contribution in [1.82, 2.24) is 5.32 Å². The Labute approximate surface area is 87.2 Å². The Balaban J connectivity index is 2.70. The zero-order chi connectivity index (χ0) is 11.3. The van der Waals surface area contributed by atoms with Crippen molar-refractivity contribution in [3.05, 3.63) is 23.8 Å². The lowest BCUT2D eigenvalue weighted by atomic mass is 10.2. The lowest BCUT2D eigenvalue weighted by molar-refractivity contribution is -0.122. The first-order valence-electron chi connectivity index (χ1n) is 4.35. The number of benzene rings is 1. The topological polar surface area (TPSA) is 81.4 Å². The molecular weight excluding hydrogens is 196 g/mol. The Morgan fingerprint density at radius 3 is 2.87 bits per heavy atom. The van der Waals surface area contributed by atoms with Crippen LogP contribution in [0, 0.1) is 0 Å². The molecule has 0 saturated carbocycles. The fraction of sp³-hybridized carbons (Fsp3) is 0.200. The molecule has 0 fully saturated rings. The Hall–Kier alpha value is -2.04. The molecule has 0 spiro atoms. The molecule has 0 aliphatic heterocycles. The van der Waals surface area contributed by atoms with Crippen LogP contribution in [0.25, 0.3) is 0 Å². The van der Waals surface area contributed by atoms with Crippen molar-refractivity contribution in [3.8, 4) is 5.75 Å². The van der Waals surface area contributed by atoms with E-state index >= 15 is 0 Å². The standard InChI is InChI=1S/C10H12N2O3/c1-12-10(14)6-15-9-3-2-7(5-13)4-8(9)11/h2-5H,6,11H2,1H3,(H,12,14). The third kappa shape index (κ3) is 2.98. The van der Waals surface area contributed by atoms with E-state index in [1.165, 1.54) is 13.1 Å². The fourth-order valence-corrected chi connectivity index (χ4v) is 0.987. The summed E-state index contributed by atoms with van der Waals surface area (Å²) < 4.78 is 5.14. The summed E-state index contributed by atoms with van der Waals surface area (Å²) >= 11 is 0. The van der Waals surface area contributed by atoms with Gasteiger partial charge in [0.2, 0.25) is 0 Å². The van der Waals surface area contributed by atoms with Gasteiger partial charge >= 0.3 is 0 Å². The van der Waals surface area contributed by atoms with Crippen LogP contribution in [0.5, 0.6) is 5.75 Å². The number of anilines is 1. The molecular formula is C10H12N2O3. The van der Waals surface area contributed by atoms with Gasteiger partial charge in [0.25, 0.3) is 5.91 Å². The van der Waals surface area contributed by atoms with E-state index in [9.17, 15) is 9.59 Å². The van der Waals surface area contributed by atoms with Crippen LogP contribution in [-0.4, -0.2) is 25.8 Å². The summed E-state index contributed by atoms with van der Waals surface area (Å²) in [6.07, 6.45) is 0.693. The lowest BCUT2D eigenvalue weighted by Gasteiger charge is -2.07. The molecule has 0 heterocycles. The lowest BCUT2D eigenvalue weighted by Crippen LogP contribution is -2.25. The highest BCUT2D eigenvalue weighted by Gasteiger charge is 2.04. The summed E-state index contributed by atoms with van der Waals surface area (Å²) in [6.45, 7) is -0.0961. The largest absolute Gasteiger partial charge is 0.482 e. The molecule has 5 nitrogen and oxygen atoms in total. The van der Waals surface area contributed by atoms with Crippen LogP contribution in [0.15, 0.2) is 18.2 Å². The number of nitrogens with two attached hydrogens (primary N) is 1. The molecule has 1 aromatic carbocycles. The smallest absolute Gasteiger partial charge is 0.257 e. The molecule has 3 N–H and O–H groups in total. The van der Waals surface area contributed by atoms with Crippen molar-refractivity contribution in [2.75, 3.05) is 19.4 Å². The fourth-order valence-electron chi connectivity index (χ4n) is 0.987. The first-order chi connectivity index (χ1) is 7.17. The van der Waals surface area contributed by atoms with E-state index in [1.54, 1.807) is 12.1 Å². The minimum absolute atomic E-state index is 0.0961. The van der Waals surface area contributed by atoms with Gasteiger partial charge in [-0.2, -0.15) is 0 Å². The number of aldehydes is 1. The number of carbonyl (C=O) groups excluding carboxylic acids is 2. The van der Waals surface area contributed by atoms with Crippen LogP contribution >= 0.6 is 0 Å². The number of nitrogen functional groups attached to an aromatic ring is 1. The van der Waals surface area contributed by atoms with Gasteiger partial charge < -0.3 is 15.8 Å². The van der Waals surface area contributed by atoms with Crippen molar-refractivity contribution < 1.29 is 14.3 Å². The zero-order valence-electron chi connectivity index (χ0n) is 8.32. The number of carbonyl (C=O) groups is 2. The highest BCUT2D eigenvalue weighted by molar-refractivity contribution is 5.79. The molecule has 0 aliphatic rings. The highest BCUT2D eigenvalue weighted by Crippen LogP contribution is 2.21.